The van der Waals surface area contributed by atoms with Gasteiger partial charge in [-0.25, -0.2) is 0 Å². The maximum absolute atomic E-state index is 12.7. The van der Waals surface area contributed by atoms with Crippen LogP contribution in [-0.2, 0) is 11.2 Å². The van der Waals surface area contributed by atoms with Crippen molar-refractivity contribution in [2.24, 2.45) is 5.92 Å². The number of anilines is 1. The van der Waals surface area contributed by atoms with Crippen molar-refractivity contribution in [3.05, 3.63) is 47.5 Å². The number of fused-ring (bicyclic) bond motifs is 1. The maximum atomic E-state index is 12.7. The molecule has 3 rings (SSSR count). The van der Waals surface area contributed by atoms with E-state index < -0.39 is 0 Å². The molecular formula is C20H21NO5. The molecule has 26 heavy (non-hydrogen) atoms. The lowest BCUT2D eigenvalue weighted by Gasteiger charge is -2.13. The number of ketones is 1. The van der Waals surface area contributed by atoms with Gasteiger partial charge in [0.25, 0.3) is 0 Å². The number of hydrogen-bond acceptors (Lipinski definition) is 5. The number of carbonyl (C=O) groups is 2. The van der Waals surface area contributed by atoms with E-state index in [4.69, 9.17) is 14.2 Å². The van der Waals surface area contributed by atoms with E-state index in [9.17, 15) is 9.59 Å². The Morgan fingerprint density at radius 2 is 1.88 bits per heavy atom. The van der Waals surface area contributed by atoms with Gasteiger partial charge in [0.05, 0.1) is 12.8 Å². The highest BCUT2D eigenvalue weighted by molar-refractivity contribution is 6.00. The van der Waals surface area contributed by atoms with E-state index in [0.29, 0.717) is 28.5 Å². The zero-order valence-corrected chi connectivity index (χ0v) is 15.0. The van der Waals surface area contributed by atoms with Crippen LogP contribution in [0.4, 0.5) is 5.69 Å². The van der Waals surface area contributed by atoms with Crippen LogP contribution in [0.25, 0.3) is 0 Å². The Hall–Kier alpha value is -3.02. The number of methoxy groups -OCH3 is 1. The summed E-state index contributed by atoms with van der Waals surface area (Å²) in [6, 6.07) is 10.5. The van der Waals surface area contributed by atoms with Crippen molar-refractivity contribution in [2.45, 2.75) is 20.3 Å². The fraction of sp³-hybridized carbons (Fsp3) is 0.300. The van der Waals surface area contributed by atoms with Crippen LogP contribution in [0.5, 0.6) is 17.2 Å². The van der Waals surface area contributed by atoms with Gasteiger partial charge in [-0.2, -0.15) is 0 Å². The molecule has 0 atom stereocenters. The standard InChI is InChI=1S/C20H21NO5/c1-12(2)20(23)21-15-10-14(5-7-17(15)24-3)16(22)8-13-4-6-18-19(9-13)26-11-25-18/h4-7,9-10,12H,8,11H2,1-3H3,(H,21,23). The first-order valence-corrected chi connectivity index (χ1v) is 8.38. The minimum atomic E-state index is -0.173. The molecule has 6 heteroatoms. The van der Waals surface area contributed by atoms with Crippen LogP contribution in [0.1, 0.15) is 29.8 Å². The largest absolute Gasteiger partial charge is 0.495 e. The molecule has 0 aliphatic carbocycles. The van der Waals surface area contributed by atoms with E-state index in [0.717, 1.165) is 5.56 Å². The summed E-state index contributed by atoms with van der Waals surface area (Å²) in [6.45, 7) is 3.80. The van der Waals surface area contributed by atoms with Gasteiger partial charge in [0, 0.05) is 17.9 Å². The molecule has 0 fully saturated rings. The lowest BCUT2D eigenvalue weighted by atomic mass is 10.0. The Morgan fingerprint density at radius 3 is 2.62 bits per heavy atom. The minimum absolute atomic E-state index is 0.0634. The number of hydrogen-bond donors (Lipinski definition) is 1. The molecule has 2 aromatic rings. The summed E-state index contributed by atoms with van der Waals surface area (Å²) in [7, 11) is 1.52. The highest BCUT2D eigenvalue weighted by Gasteiger charge is 2.17. The van der Waals surface area contributed by atoms with Crippen molar-refractivity contribution in [3.63, 3.8) is 0 Å². The van der Waals surface area contributed by atoms with Gasteiger partial charge in [0.1, 0.15) is 5.75 Å². The third-order valence-corrected chi connectivity index (χ3v) is 4.11. The molecule has 1 aliphatic heterocycles. The summed E-state index contributed by atoms with van der Waals surface area (Å²) in [6.07, 6.45) is 0.223. The smallest absolute Gasteiger partial charge is 0.231 e. The Kier molecular flexibility index (Phi) is 5.11. The number of rotatable bonds is 6. The van der Waals surface area contributed by atoms with Crippen LogP contribution in [0, 0.1) is 5.92 Å². The Labute approximate surface area is 152 Å². The maximum Gasteiger partial charge on any atom is 0.231 e. The molecule has 6 nitrogen and oxygen atoms in total. The van der Waals surface area contributed by atoms with Crippen molar-refractivity contribution in [3.8, 4) is 17.2 Å². The quantitative estimate of drug-likeness (QED) is 0.804. The van der Waals surface area contributed by atoms with Gasteiger partial charge in [0.15, 0.2) is 17.3 Å². The molecule has 1 N–H and O–H groups in total. The number of Topliss-reactive ketones (excluding diaryl/α,β-unsaturated/α-hetero) is 1. The van der Waals surface area contributed by atoms with E-state index >= 15 is 0 Å². The summed E-state index contributed by atoms with van der Waals surface area (Å²) >= 11 is 0. The van der Waals surface area contributed by atoms with Crippen LogP contribution in [0.15, 0.2) is 36.4 Å². The molecule has 1 amide bonds. The third kappa shape index (κ3) is 3.79. The zero-order valence-electron chi connectivity index (χ0n) is 15.0. The van der Waals surface area contributed by atoms with Crippen molar-refractivity contribution in [2.75, 3.05) is 19.2 Å². The predicted molar refractivity (Wildman–Crippen MR) is 97.1 cm³/mol. The molecule has 1 aliphatic rings. The highest BCUT2D eigenvalue weighted by Crippen LogP contribution is 2.33. The predicted octanol–water partition coefficient (Wildman–Crippen LogP) is 3.44. The number of benzene rings is 2. The van der Waals surface area contributed by atoms with Crippen LogP contribution in [0.3, 0.4) is 0 Å². The average molecular weight is 355 g/mol. The molecule has 0 bridgehead atoms. The molecule has 136 valence electrons. The van der Waals surface area contributed by atoms with Gasteiger partial charge in [-0.3, -0.25) is 9.59 Å². The van der Waals surface area contributed by atoms with E-state index in [1.165, 1.54) is 7.11 Å². The van der Waals surface area contributed by atoms with Crippen molar-refractivity contribution in [1.82, 2.24) is 0 Å². The van der Waals surface area contributed by atoms with Crippen molar-refractivity contribution >= 4 is 17.4 Å². The lowest BCUT2D eigenvalue weighted by molar-refractivity contribution is -0.118. The molecule has 0 aromatic heterocycles. The van der Waals surface area contributed by atoms with Crippen molar-refractivity contribution in [1.29, 1.82) is 0 Å². The first kappa shape index (κ1) is 17.8. The van der Waals surface area contributed by atoms with Gasteiger partial charge in [-0.05, 0) is 35.9 Å². The van der Waals surface area contributed by atoms with Gasteiger partial charge in [0.2, 0.25) is 12.7 Å². The van der Waals surface area contributed by atoms with Gasteiger partial charge < -0.3 is 19.5 Å². The number of ether oxygens (including phenoxy) is 3. The molecule has 0 spiro atoms. The Bertz CT molecular complexity index is 844. The summed E-state index contributed by atoms with van der Waals surface area (Å²) in [5, 5.41) is 2.80. The fourth-order valence-electron chi connectivity index (χ4n) is 2.59. The van der Waals surface area contributed by atoms with Crippen LogP contribution >= 0.6 is 0 Å². The fourth-order valence-corrected chi connectivity index (χ4v) is 2.59. The van der Waals surface area contributed by atoms with Crippen molar-refractivity contribution < 1.29 is 23.8 Å². The average Bonchev–Trinajstić information content (AvgIpc) is 3.09. The van der Waals surface area contributed by atoms with Crippen LogP contribution in [0.2, 0.25) is 0 Å². The second-order valence-corrected chi connectivity index (χ2v) is 6.35. The summed E-state index contributed by atoms with van der Waals surface area (Å²) < 4.78 is 15.9. The number of nitrogens with one attached hydrogen (secondary N) is 1. The molecular weight excluding hydrogens is 334 g/mol. The summed E-state index contributed by atoms with van der Waals surface area (Å²) in [5.74, 6) is 1.47. The lowest BCUT2D eigenvalue weighted by Crippen LogP contribution is -2.18. The molecule has 0 saturated carbocycles. The summed E-state index contributed by atoms with van der Waals surface area (Å²) in [5.41, 5.74) is 1.83. The molecule has 0 saturated heterocycles. The van der Waals surface area contributed by atoms with Crippen LogP contribution in [-0.4, -0.2) is 25.6 Å². The molecule has 1 heterocycles. The Balaban J connectivity index is 1.79. The second-order valence-electron chi connectivity index (χ2n) is 6.35. The molecule has 2 aromatic carbocycles. The highest BCUT2D eigenvalue weighted by atomic mass is 16.7. The molecule has 0 radical (unpaired) electrons. The second kappa shape index (κ2) is 7.47. The monoisotopic (exact) mass is 355 g/mol. The van der Waals surface area contributed by atoms with E-state index in [1.54, 1.807) is 38.1 Å². The SMILES string of the molecule is COc1ccc(C(=O)Cc2ccc3c(c2)OCO3)cc1NC(=O)C(C)C. The first-order valence-electron chi connectivity index (χ1n) is 8.38. The Morgan fingerprint density at radius 1 is 1.12 bits per heavy atom. The van der Waals surface area contributed by atoms with Gasteiger partial charge in [-0.15, -0.1) is 0 Å². The first-order chi connectivity index (χ1) is 12.5. The normalized spacial score (nSPS) is 12.2. The number of carbonyl (C=O) groups excluding carboxylic acids is 2. The topological polar surface area (TPSA) is 73.9 Å². The van der Waals surface area contributed by atoms with Gasteiger partial charge >= 0.3 is 0 Å². The minimum Gasteiger partial charge on any atom is -0.495 e. The van der Waals surface area contributed by atoms with E-state index in [2.05, 4.69) is 5.32 Å². The van der Waals surface area contributed by atoms with E-state index in [1.807, 2.05) is 12.1 Å². The van der Waals surface area contributed by atoms with Crippen LogP contribution < -0.4 is 19.5 Å². The number of amides is 1. The van der Waals surface area contributed by atoms with Gasteiger partial charge in [-0.1, -0.05) is 19.9 Å². The zero-order chi connectivity index (χ0) is 18.7. The third-order valence-electron chi connectivity index (χ3n) is 4.11. The van der Waals surface area contributed by atoms with E-state index in [-0.39, 0.29) is 30.8 Å². The molecule has 0 unspecified atom stereocenters. The summed E-state index contributed by atoms with van der Waals surface area (Å²) in [4.78, 5) is 24.6.